The largest absolute Gasteiger partial charge is 0.370 e. The Morgan fingerprint density at radius 1 is 1.21 bits per heavy atom. The highest BCUT2D eigenvalue weighted by Gasteiger charge is 2.66. The maximum absolute atomic E-state index is 13.4. The second-order valence-electron chi connectivity index (χ2n) is 8.89. The number of ether oxygens (including phenoxy) is 1. The number of anilines is 1. The molecule has 2 bridgehead atoms. The van der Waals surface area contributed by atoms with Gasteiger partial charge in [0.25, 0.3) is 0 Å². The van der Waals surface area contributed by atoms with Gasteiger partial charge < -0.3 is 19.9 Å². The molecule has 0 aliphatic carbocycles. The lowest BCUT2D eigenvalue weighted by atomic mass is 9.77. The molecule has 5 rings (SSSR count). The normalized spacial score (nSPS) is 27.2. The predicted octanol–water partition coefficient (Wildman–Crippen LogP) is 3.26. The lowest BCUT2D eigenvalue weighted by molar-refractivity contribution is -0.137. The molecule has 3 aliphatic rings. The minimum atomic E-state index is -0.718. The first-order valence-corrected chi connectivity index (χ1v) is 11.9. The molecule has 7 heteroatoms. The summed E-state index contributed by atoms with van der Waals surface area (Å²) in [6.45, 7) is 5.00. The zero-order valence-electron chi connectivity index (χ0n) is 18.6. The molecule has 0 saturated carbocycles. The standard InChI is InChI=1S/C26H28ClN3O3/c1-2-29(19-9-4-3-5-10-19)15-14-28-24(31)22-21-12-13-26(33-21)17-30(25(32)23(22)26)16-18-8-6-7-11-20(18)27/h3-13,21-23H,2,14-17H2,1H3,(H,28,31)/t21-,22?,23-,26?/m1/s1. The number of nitrogens with one attached hydrogen (secondary N) is 1. The van der Waals surface area contributed by atoms with Crippen LogP contribution in [0.15, 0.2) is 66.7 Å². The third-order valence-electron chi connectivity index (χ3n) is 6.98. The van der Waals surface area contributed by atoms with E-state index in [2.05, 4.69) is 29.3 Å². The fraction of sp³-hybridized carbons (Fsp3) is 0.385. The number of para-hydroxylation sites is 1. The average molecular weight is 466 g/mol. The molecule has 2 aromatic rings. The molecule has 3 aliphatic heterocycles. The number of carbonyl (C=O) groups excluding carboxylic acids is 2. The van der Waals surface area contributed by atoms with Gasteiger partial charge in [-0.05, 0) is 30.7 Å². The average Bonchev–Trinajstić information content (AvgIpc) is 3.47. The molecule has 172 valence electrons. The molecule has 2 amide bonds. The van der Waals surface area contributed by atoms with E-state index in [-0.39, 0.29) is 17.9 Å². The number of rotatable bonds is 8. The minimum Gasteiger partial charge on any atom is -0.370 e. The lowest BCUT2D eigenvalue weighted by Crippen LogP contribution is -2.45. The number of benzene rings is 2. The Balaban J connectivity index is 1.25. The van der Waals surface area contributed by atoms with Crippen LogP contribution in [0, 0.1) is 11.8 Å². The third-order valence-corrected chi connectivity index (χ3v) is 7.35. The van der Waals surface area contributed by atoms with Gasteiger partial charge in [-0.3, -0.25) is 9.59 Å². The zero-order valence-corrected chi connectivity index (χ0v) is 19.4. The van der Waals surface area contributed by atoms with E-state index in [9.17, 15) is 9.59 Å². The fourth-order valence-corrected chi connectivity index (χ4v) is 5.58. The van der Waals surface area contributed by atoms with Gasteiger partial charge in [0, 0.05) is 36.9 Å². The van der Waals surface area contributed by atoms with Gasteiger partial charge in [0.2, 0.25) is 11.8 Å². The Bertz CT molecular complexity index is 1080. The van der Waals surface area contributed by atoms with Crippen LogP contribution in [0.25, 0.3) is 0 Å². The minimum absolute atomic E-state index is 0.0404. The van der Waals surface area contributed by atoms with Crippen molar-refractivity contribution >= 4 is 29.1 Å². The van der Waals surface area contributed by atoms with Crippen LogP contribution < -0.4 is 10.2 Å². The van der Waals surface area contributed by atoms with E-state index in [0.29, 0.717) is 31.2 Å². The van der Waals surface area contributed by atoms with Crippen LogP contribution in [0.3, 0.4) is 0 Å². The molecule has 1 spiro atoms. The van der Waals surface area contributed by atoms with Gasteiger partial charge in [-0.1, -0.05) is 60.2 Å². The van der Waals surface area contributed by atoms with Gasteiger partial charge in [-0.15, -0.1) is 0 Å². The summed E-state index contributed by atoms with van der Waals surface area (Å²) < 4.78 is 6.23. The van der Waals surface area contributed by atoms with Crippen molar-refractivity contribution in [1.82, 2.24) is 10.2 Å². The first-order valence-electron chi connectivity index (χ1n) is 11.5. The van der Waals surface area contributed by atoms with Crippen LogP contribution >= 0.6 is 11.6 Å². The predicted molar refractivity (Wildman–Crippen MR) is 128 cm³/mol. The Morgan fingerprint density at radius 2 is 1.97 bits per heavy atom. The first kappa shape index (κ1) is 22.0. The smallest absolute Gasteiger partial charge is 0.230 e. The first-order chi connectivity index (χ1) is 16.0. The summed E-state index contributed by atoms with van der Waals surface area (Å²) in [6, 6.07) is 17.7. The Morgan fingerprint density at radius 3 is 2.73 bits per heavy atom. The van der Waals surface area contributed by atoms with Crippen molar-refractivity contribution in [1.29, 1.82) is 0 Å². The van der Waals surface area contributed by atoms with Crippen LogP contribution in [0.5, 0.6) is 0 Å². The van der Waals surface area contributed by atoms with E-state index in [1.807, 2.05) is 54.6 Å². The van der Waals surface area contributed by atoms with E-state index in [0.717, 1.165) is 17.8 Å². The molecule has 3 heterocycles. The van der Waals surface area contributed by atoms with Gasteiger partial charge in [0.05, 0.1) is 24.5 Å². The molecule has 2 saturated heterocycles. The van der Waals surface area contributed by atoms with Crippen molar-refractivity contribution in [3.05, 3.63) is 77.3 Å². The molecule has 1 N–H and O–H groups in total. The second-order valence-corrected chi connectivity index (χ2v) is 9.30. The molecule has 33 heavy (non-hydrogen) atoms. The zero-order chi connectivity index (χ0) is 23.0. The van der Waals surface area contributed by atoms with E-state index in [1.54, 1.807) is 4.90 Å². The Labute approximate surface area is 199 Å². The van der Waals surface area contributed by atoms with Crippen molar-refractivity contribution in [3.8, 4) is 0 Å². The summed E-state index contributed by atoms with van der Waals surface area (Å²) in [5.41, 5.74) is 1.30. The number of likely N-dealkylation sites (tertiary alicyclic amines) is 1. The number of fused-ring (bicyclic) bond motifs is 1. The van der Waals surface area contributed by atoms with Gasteiger partial charge in [0.1, 0.15) is 5.60 Å². The van der Waals surface area contributed by atoms with Crippen molar-refractivity contribution < 1.29 is 14.3 Å². The molecule has 4 atom stereocenters. The van der Waals surface area contributed by atoms with Crippen LogP contribution in [0.2, 0.25) is 5.02 Å². The summed E-state index contributed by atoms with van der Waals surface area (Å²) in [5.74, 6) is -1.16. The number of likely N-dealkylation sites (N-methyl/N-ethyl adjacent to an activating group) is 1. The number of hydrogen-bond donors (Lipinski definition) is 1. The maximum atomic E-state index is 13.4. The molecule has 2 aromatic carbocycles. The number of amides is 2. The van der Waals surface area contributed by atoms with E-state index in [4.69, 9.17) is 16.3 Å². The van der Waals surface area contributed by atoms with Crippen molar-refractivity contribution in [3.63, 3.8) is 0 Å². The summed E-state index contributed by atoms with van der Waals surface area (Å²) in [4.78, 5) is 30.6. The van der Waals surface area contributed by atoms with Crippen LogP contribution in [-0.4, -0.2) is 54.6 Å². The fourth-order valence-electron chi connectivity index (χ4n) is 5.38. The van der Waals surface area contributed by atoms with Gasteiger partial charge in [0.15, 0.2) is 0 Å². The molecule has 2 unspecified atom stereocenters. The number of carbonyl (C=O) groups is 2. The van der Waals surface area contributed by atoms with Crippen molar-refractivity contribution in [2.45, 2.75) is 25.2 Å². The molecule has 6 nitrogen and oxygen atoms in total. The highest BCUT2D eigenvalue weighted by molar-refractivity contribution is 6.31. The monoisotopic (exact) mass is 465 g/mol. The lowest BCUT2D eigenvalue weighted by Gasteiger charge is -2.26. The number of halogens is 1. The second kappa shape index (κ2) is 8.84. The van der Waals surface area contributed by atoms with Crippen LogP contribution in [0.4, 0.5) is 5.69 Å². The van der Waals surface area contributed by atoms with E-state index in [1.165, 1.54) is 0 Å². The van der Waals surface area contributed by atoms with Gasteiger partial charge in [-0.25, -0.2) is 0 Å². The summed E-state index contributed by atoms with van der Waals surface area (Å²) in [5, 5.41) is 3.69. The van der Waals surface area contributed by atoms with Crippen LogP contribution in [-0.2, 0) is 20.9 Å². The summed E-state index contributed by atoms with van der Waals surface area (Å²) in [6.07, 6.45) is 3.57. The SMILES string of the molecule is CCN(CCNC(=O)C1[C@H]2C=CC3(CN(Cc4ccccc4Cl)C(=O)[C@@H]13)O2)c1ccccc1. The quantitative estimate of drug-likeness (QED) is 0.608. The van der Waals surface area contributed by atoms with Gasteiger partial charge >= 0.3 is 0 Å². The van der Waals surface area contributed by atoms with Crippen molar-refractivity contribution in [2.24, 2.45) is 11.8 Å². The maximum Gasteiger partial charge on any atom is 0.230 e. The Kier molecular flexibility index (Phi) is 5.89. The van der Waals surface area contributed by atoms with Crippen molar-refractivity contribution in [2.75, 3.05) is 31.1 Å². The van der Waals surface area contributed by atoms with Crippen LogP contribution in [0.1, 0.15) is 12.5 Å². The van der Waals surface area contributed by atoms with E-state index >= 15 is 0 Å². The van der Waals surface area contributed by atoms with Gasteiger partial charge in [-0.2, -0.15) is 0 Å². The molecule has 2 fully saturated rings. The number of nitrogens with zero attached hydrogens (tertiary/aromatic N) is 2. The number of hydrogen-bond acceptors (Lipinski definition) is 4. The highest BCUT2D eigenvalue weighted by Crippen LogP contribution is 2.52. The molecular weight excluding hydrogens is 438 g/mol. The van der Waals surface area contributed by atoms with E-state index < -0.39 is 17.4 Å². The Hall–Kier alpha value is -2.83. The third kappa shape index (κ3) is 3.91. The summed E-state index contributed by atoms with van der Waals surface area (Å²) in [7, 11) is 0. The summed E-state index contributed by atoms with van der Waals surface area (Å²) >= 11 is 6.31. The molecule has 0 radical (unpaired) electrons. The molecular formula is C26H28ClN3O3. The topological polar surface area (TPSA) is 61.9 Å². The molecule has 0 aromatic heterocycles. The highest BCUT2D eigenvalue weighted by atomic mass is 35.5.